The Morgan fingerprint density at radius 3 is 2.52 bits per heavy atom. The van der Waals surface area contributed by atoms with Gasteiger partial charge in [0.05, 0.1) is 15.5 Å². The van der Waals surface area contributed by atoms with Crippen LogP contribution in [0.25, 0.3) is 0 Å². The number of carbonyl (C=O) groups is 1. The van der Waals surface area contributed by atoms with Crippen molar-refractivity contribution in [2.24, 2.45) is 0 Å². The van der Waals surface area contributed by atoms with Gasteiger partial charge in [0.15, 0.2) is 5.75 Å². The Morgan fingerprint density at radius 1 is 1.15 bits per heavy atom. The number of benzene rings is 2. The van der Waals surface area contributed by atoms with Gasteiger partial charge in [-0.3, -0.25) is 0 Å². The summed E-state index contributed by atoms with van der Waals surface area (Å²) in [4.78, 5) is 12.7. The number of hydrogen-bond donors (Lipinski definition) is 0. The highest BCUT2D eigenvalue weighted by Crippen LogP contribution is 2.32. The van der Waals surface area contributed by atoms with Crippen molar-refractivity contribution in [1.29, 1.82) is 0 Å². The molecule has 144 valence electrons. The van der Waals surface area contributed by atoms with Crippen LogP contribution in [0.15, 0.2) is 45.8 Å². The number of esters is 1. The summed E-state index contributed by atoms with van der Waals surface area (Å²) < 4.78 is 33.3. The van der Waals surface area contributed by atoms with Crippen LogP contribution in [-0.2, 0) is 10.0 Å². The molecule has 0 bridgehead atoms. The standard InChI is InChI=1S/C19H19BrClNO4S/c1-13-10-15(20)12-17(21)18(13)26-19(23)14-6-5-7-16(11-14)27(24,25)22-8-3-2-4-9-22/h5-7,10-12H,2-4,8-9H2,1H3. The second kappa shape index (κ2) is 8.31. The average Bonchev–Trinajstić information content (AvgIpc) is 2.65. The first kappa shape index (κ1) is 20.3. The molecule has 2 aromatic carbocycles. The Balaban J connectivity index is 1.86. The largest absolute Gasteiger partial charge is 0.421 e. The molecule has 1 fully saturated rings. The van der Waals surface area contributed by atoms with E-state index in [2.05, 4.69) is 15.9 Å². The van der Waals surface area contributed by atoms with Gasteiger partial charge >= 0.3 is 5.97 Å². The molecule has 1 saturated heterocycles. The van der Waals surface area contributed by atoms with E-state index in [0.29, 0.717) is 23.7 Å². The van der Waals surface area contributed by atoms with Crippen molar-refractivity contribution in [2.45, 2.75) is 31.1 Å². The number of carbonyl (C=O) groups excluding carboxylic acids is 1. The van der Waals surface area contributed by atoms with Crippen molar-refractivity contribution in [1.82, 2.24) is 4.31 Å². The Morgan fingerprint density at radius 2 is 1.85 bits per heavy atom. The zero-order valence-corrected chi connectivity index (χ0v) is 17.9. The van der Waals surface area contributed by atoms with Gasteiger partial charge in [-0.25, -0.2) is 13.2 Å². The van der Waals surface area contributed by atoms with Gasteiger partial charge in [-0.15, -0.1) is 0 Å². The van der Waals surface area contributed by atoms with Crippen LogP contribution in [0.5, 0.6) is 5.75 Å². The van der Waals surface area contributed by atoms with Crippen molar-refractivity contribution in [3.8, 4) is 5.75 Å². The minimum Gasteiger partial charge on any atom is -0.421 e. The van der Waals surface area contributed by atoms with Gasteiger partial charge in [0, 0.05) is 17.6 Å². The molecule has 1 aliphatic rings. The third-order valence-electron chi connectivity index (χ3n) is 4.41. The predicted octanol–water partition coefficient (Wildman–Crippen LogP) is 4.80. The summed E-state index contributed by atoms with van der Waals surface area (Å²) in [6.07, 6.45) is 2.73. The molecule has 1 heterocycles. The average molecular weight is 473 g/mol. The Labute approximate surface area is 172 Å². The van der Waals surface area contributed by atoms with Crippen LogP contribution in [0.3, 0.4) is 0 Å². The summed E-state index contributed by atoms with van der Waals surface area (Å²) in [5.41, 5.74) is 0.853. The van der Waals surface area contributed by atoms with Crippen LogP contribution < -0.4 is 4.74 Å². The molecule has 1 aliphatic heterocycles. The Bertz CT molecular complexity index is 948. The summed E-state index contributed by atoms with van der Waals surface area (Å²) in [6, 6.07) is 9.34. The van der Waals surface area contributed by atoms with Crippen molar-refractivity contribution in [2.75, 3.05) is 13.1 Å². The maximum absolute atomic E-state index is 12.8. The molecule has 0 radical (unpaired) electrons. The number of halogens is 2. The molecule has 0 aliphatic carbocycles. The number of hydrogen-bond acceptors (Lipinski definition) is 4. The van der Waals surface area contributed by atoms with Crippen LogP contribution in [0.1, 0.15) is 35.2 Å². The van der Waals surface area contributed by atoms with Crippen molar-refractivity contribution in [3.05, 3.63) is 57.0 Å². The SMILES string of the molecule is Cc1cc(Br)cc(Cl)c1OC(=O)c1cccc(S(=O)(=O)N2CCCCC2)c1. The molecule has 27 heavy (non-hydrogen) atoms. The smallest absolute Gasteiger partial charge is 0.343 e. The summed E-state index contributed by atoms with van der Waals surface area (Å²) in [5, 5.41) is 0.298. The van der Waals surface area contributed by atoms with E-state index in [1.165, 1.54) is 22.5 Å². The molecule has 0 amide bonds. The molecular formula is C19H19BrClNO4S. The van der Waals surface area contributed by atoms with Crippen molar-refractivity contribution < 1.29 is 17.9 Å². The first-order valence-corrected chi connectivity index (χ1v) is 11.2. The van der Waals surface area contributed by atoms with E-state index < -0.39 is 16.0 Å². The van der Waals surface area contributed by atoms with E-state index in [1.54, 1.807) is 25.1 Å². The molecule has 2 aromatic rings. The Kier molecular flexibility index (Phi) is 6.25. The third kappa shape index (κ3) is 4.54. The van der Waals surface area contributed by atoms with E-state index in [1.807, 2.05) is 0 Å². The highest BCUT2D eigenvalue weighted by Gasteiger charge is 2.27. The molecule has 3 rings (SSSR count). The number of aryl methyl sites for hydroxylation is 1. The second-order valence-corrected chi connectivity index (χ2v) is 9.68. The zero-order chi connectivity index (χ0) is 19.6. The normalized spacial score (nSPS) is 15.5. The maximum atomic E-state index is 12.8. The minimum atomic E-state index is -3.62. The zero-order valence-electron chi connectivity index (χ0n) is 14.7. The lowest BCUT2D eigenvalue weighted by molar-refractivity contribution is 0.0733. The highest BCUT2D eigenvalue weighted by molar-refractivity contribution is 9.10. The molecule has 8 heteroatoms. The van der Waals surface area contributed by atoms with Gasteiger partial charge in [-0.1, -0.05) is 40.0 Å². The minimum absolute atomic E-state index is 0.0949. The van der Waals surface area contributed by atoms with Crippen LogP contribution in [0, 0.1) is 6.92 Å². The summed E-state index contributed by atoms with van der Waals surface area (Å²) in [7, 11) is -3.62. The summed E-state index contributed by atoms with van der Waals surface area (Å²) in [5.74, 6) is -0.396. The fourth-order valence-corrected chi connectivity index (χ4v) is 5.58. The van der Waals surface area contributed by atoms with E-state index in [9.17, 15) is 13.2 Å². The van der Waals surface area contributed by atoms with Gasteiger partial charge in [0.2, 0.25) is 10.0 Å². The van der Waals surface area contributed by atoms with E-state index in [0.717, 1.165) is 23.7 Å². The monoisotopic (exact) mass is 471 g/mol. The Hall–Kier alpha value is -1.41. The lowest BCUT2D eigenvalue weighted by Crippen LogP contribution is -2.35. The number of rotatable bonds is 4. The van der Waals surface area contributed by atoms with Crippen molar-refractivity contribution >= 4 is 43.5 Å². The first-order valence-electron chi connectivity index (χ1n) is 8.57. The molecule has 5 nitrogen and oxygen atoms in total. The van der Waals surface area contributed by atoms with E-state index in [4.69, 9.17) is 16.3 Å². The number of piperidine rings is 1. The van der Waals surface area contributed by atoms with Crippen LogP contribution in [0.2, 0.25) is 5.02 Å². The molecule has 0 N–H and O–H groups in total. The highest BCUT2D eigenvalue weighted by atomic mass is 79.9. The predicted molar refractivity (Wildman–Crippen MR) is 108 cm³/mol. The molecule has 0 aromatic heterocycles. The quantitative estimate of drug-likeness (QED) is 0.473. The number of sulfonamides is 1. The third-order valence-corrected chi connectivity index (χ3v) is 7.04. The van der Waals surface area contributed by atoms with Gasteiger partial charge in [-0.05, 0) is 55.7 Å². The number of ether oxygens (including phenoxy) is 1. The van der Waals surface area contributed by atoms with Gasteiger partial charge < -0.3 is 4.74 Å². The van der Waals surface area contributed by atoms with Gasteiger partial charge in [-0.2, -0.15) is 4.31 Å². The van der Waals surface area contributed by atoms with Crippen LogP contribution in [0.4, 0.5) is 0 Å². The molecule has 0 spiro atoms. The van der Waals surface area contributed by atoms with Gasteiger partial charge in [0.25, 0.3) is 0 Å². The molecule has 0 unspecified atom stereocenters. The second-order valence-electron chi connectivity index (χ2n) is 6.42. The molecule has 0 saturated carbocycles. The maximum Gasteiger partial charge on any atom is 0.343 e. The topological polar surface area (TPSA) is 63.7 Å². The number of nitrogens with zero attached hydrogens (tertiary/aromatic N) is 1. The fraction of sp³-hybridized carbons (Fsp3) is 0.316. The van der Waals surface area contributed by atoms with Crippen LogP contribution in [-0.4, -0.2) is 31.8 Å². The fourth-order valence-electron chi connectivity index (χ4n) is 3.01. The molecule has 0 atom stereocenters. The van der Waals surface area contributed by atoms with Crippen LogP contribution >= 0.6 is 27.5 Å². The summed E-state index contributed by atoms with van der Waals surface area (Å²) >= 11 is 9.49. The lowest BCUT2D eigenvalue weighted by Gasteiger charge is -2.26. The molecular weight excluding hydrogens is 454 g/mol. The van der Waals surface area contributed by atoms with E-state index in [-0.39, 0.29) is 16.2 Å². The van der Waals surface area contributed by atoms with E-state index >= 15 is 0 Å². The lowest BCUT2D eigenvalue weighted by atomic mass is 10.2. The van der Waals surface area contributed by atoms with Crippen molar-refractivity contribution in [3.63, 3.8) is 0 Å². The first-order chi connectivity index (χ1) is 12.8. The summed E-state index contributed by atoms with van der Waals surface area (Å²) in [6.45, 7) is 2.78. The van der Waals surface area contributed by atoms with Gasteiger partial charge in [0.1, 0.15) is 0 Å².